The minimum Gasteiger partial charge on any atom is -0.493 e. The van der Waals surface area contributed by atoms with Crippen LogP contribution in [0.4, 0.5) is 0 Å². The van der Waals surface area contributed by atoms with E-state index in [1.807, 2.05) is 13.0 Å². The average Bonchev–Trinajstić information content (AvgIpc) is 2.51. The molecule has 0 saturated heterocycles. The van der Waals surface area contributed by atoms with Crippen LogP contribution < -0.4 is 14.8 Å². The van der Waals surface area contributed by atoms with Gasteiger partial charge in [0.1, 0.15) is 5.54 Å². The van der Waals surface area contributed by atoms with Gasteiger partial charge in [-0.3, -0.25) is 4.79 Å². The average molecular weight is 299 g/mol. The van der Waals surface area contributed by atoms with E-state index in [4.69, 9.17) is 24.8 Å². The second-order valence-corrected chi connectivity index (χ2v) is 4.75. The zero-order valence-electron chi connectivity index (χ0n) is 12.1. The molecule has 0 bridgehead atoms. The summed E-state index contributed by atoms with van der Waals surface area (Å²) in [7, 11) is 1.50. The van der Waals surface area contributed by atoms with Gasteiger partial charge in [-0.05, 0) is 24.6 Å². The van der Waals surface area contributed by atoms with Crippen LogP contribution in [0.3, 0.4) is 0 Å². The van der Waals surface area contributed by atoms with Gasteiger partial charge in [-0.15, -0.1) is 0 Å². The number of rotatable bonds is 8. The lowest BCUT2D eigenvalue weighted by atomic mass is 10.0. The second kappa shape index (κ2) is 7.82. The topological polar surface area (TPSA) is 108 Å². The maximum absolute atomic E-state index is 11.8. The van der Waals surface area contributed by atoms with Gasteiger partial charge in [0.15, 0.2) is 18.1 Å². The molecule has 0 atom stereocenters. The molecule has 4 N–H and O–H groups in total. The molecule has 0 saturated carbocycles. The molecule has 1 aromatic rings. The van der Waals surface area contributed by atoms with Crippen molar-refractivity contribution < 1.29 is 29.6 Å². The summed E-state index contributed by atoms with van der Waals surface area (Å²) < 4.78 is 10.5. The number of aryl methyl sites for hydroxylation is 1. The van der Waals surface area contributed by atoms with Crippen molar-refractivity contribution in [1.82, 2.24) is 5.32 Å². The van der Waals surface area contributed by atoms with Crippen molar-refractivity contribution in [2.24, 2.45) is 0 Å². The number of amides is 1. The molecule has 0 unspecified atom stereocenters. The minimum atomic E-state index is -1.46. The van der Waals surface area contributed by atoms with Crippen LogP contribution in [0.15, 0.2) is 18.2 Å². The molecule has 0 spiro atoms. The van der Waals surface area contributed by atoms with Gasteiger partial charge < -0.3 is 30.1 Å². The van der Waals surface area contributed by atoms with E-state index in [0.29, 0.717) is 11.5 Å². The van der Waals surface area contributed by atoms with Crippen molar-refractivity contribution >= 4 is 5.91 Å². The lowest BCUT2D eigenvalue weighted by molar-refractivity contribution is -0.127. The monoisotopic (exact) mass is 299 g/mol. The molecule has 0 aliphatic rings. The van der Waals surface area contributed by atoms with E-state index in [0.717, 1.165) is 5.56 Å². The molecule has 7 nitrogen and oxygen atoms in total. The molecule has 0 aromatic heterocycles. The lowest BCUT2D eigenvalue weighted by Gasteiger charge is -2.28. The van der Waals surface area contributed by atoms with Gasteiger partial charge in [0.05, 0.1) is 26.9 Å². The van der Waals surface area contributed by atoms with E-state index in [2.05, 4.69) is 5.32 Å². The number of ether oxygens (including phenoxy) is 2. The normalized spacial score (nSPS) is 11.1. The molecule has 0 aliphatic heterocycles. The van der Waals surface area contributed by atoms with E-state index in [1.165, 1.54) is 7.11 Å². The van der Waals surface area contributed by atoms with Crippen LogP contribution in [0.25, 0.3) is 0 Å². The van der Waals surface area contributed by atoms with Crippen LogP contribution in [0.1, 0.15) is 5.56 Å². The SMILES string of the molecule is COc1cc(C)ccc1OCC(=O)NC(CO)(CO)CO. The van der Waals surface area contributed by atoms with E-state index < -0.39 is 31.3 Å². The third-order valence-corrected chi connectivity index (χ3v) is 2.99. The van der Waals surface area contributed by atoms with Crippen molar-refractivity contribution in [3.63, 3.8) is 0 Å². The number of hydrogen-bond acceptors (Lipinski definition) is 6. The molecule has 1 rings (SSSR count). The Bertz CT molecular complexity index is 464. The largest absolute Gasteiger partial charge is 0.493 e. The fourth-order valence-corrected chi connectivity index (χ4v) is 1.64. The Balaban J connectivity index is 2.65. The molecule has 0 heterocycles. The van der Waals surface area contributed by atoms with Gasteiger partial charge in [0.25, 0.3) is 5.91 Å². The van der Waals surface area contributed by atoms with E-state index in [1.54, 1.807) is 12.1 Å². The van der Waals surface area contributed by atoms with Crippen LogP contribution in [-0.4, -0.2) is 60.3 Å². The third-order valence-electron chi connectivity index (χ3n) is 2.99. The highest BCUT2D eigenvalue weighted by Gasteiger charge is 2.30. The van der Waals surface area contributed by atoms with Crippen molar-refractivity contribution in [1.29, 1.82) is 0 Å². The minimum absolute atomic E-state index is 0.332. The number of carbonyl (C=O) groups excluding carboxylic acids is 1. The Hall–Kier alpha value is -1.83. The number of carbonyl (C=O) groups is 1. The Kier molecular flexibility index (Phi) is 6.41. The molecule has 21 heavy (non-hydrogen) atoms. The first-order valence-corrected chi connectivity index (χ1v) is 6.41. The van der Waals surface area contributed by atoms with Gasteiger partial charge in [-0.25, -0.2) is 0 Å². The van der Waals surface area contributed by atoms with Crippen LogP contribution in [0, 0.1) is 6.92 Å². The fraction of sp³-hybridized carbons (Fsp3) is 0.500. The summed E-state index contributed by atoms with van der Waals surface area (Å²) in [4.78, 5) is 11.8. The van der Waals surface area contributed by atoms with Crippen molar-refractivity contribution in [2.45, 2.75) is 12.5 Å². The smallest absolute Gasteiger partial charge is 0.258 e. The second-order valence-electron chi connectivity index (χ2n) is 4.75. The summed E-state index contributed by atoms with van der Waals surface area (Å²) >= 11 is 0. The highest BCUT2D eigenvalue weighted by molar-refractivity contribution is 5.78. The van der Waals surface area contributed by atoms with Crippen molar-refractivity contribution in [3.8, 4) is 11.5 Å². The molecule has 0 radical (unpaired) electrons. The number of aliphatic hydroxyl groups excluding tert-OH is 3. The zero-order valence-corrected chi connectivity index (χ0v) is 12.1. The van der Waals surface area contributed by atoms with Gasteiger partial charge in [0.2, 0.25) is 0 Å². The van der Waals surface area contributed by atoms with Crippen LogP contribution in [0.2, 0.25) is 0 Å². The Morgan fingerprint density at radius 1 is 1.19 bits per heavy atom. The summed E-state index contributed by atoms with van der Waals surface area (Å²) in [5.74, 6) is 0.330. The quantitative estimate of drug-likeness (QED) is 0.501. The Labute approximate surface area is 123 Å². The van der Waals surface area contributed by atoms with Gasteiger partial charge >= 0.3 is 0 Å². The van der Waals surface area contributed by atoms with Crippen molar-refractivity contribution in [3.05, 3.63) is 23.8 Å². The maximum Gasteiger partial charge on any atom is 0.258 e. The highest BCUT2D eigenvalue weighted by atomic mass is 16.5. The highest BCUT2D eigenvalue weighted by Crippen LogP contribution is 2.27. The standard InChI is InChI=1S/C14H21NO6/c1-10-3-4-11(12(5-10)20-2)21-6-13(19)15-14(7-16,8-17)9-18/h3-5,16-18H,6-9H2,1-2H3,(H,15,19). The number of hydrogen-bond donors (Lipinski definition) is 4. The summed E-state index contributed by atoms with van der Waals surface area (Å²) in [6, 6.07) is 5.26. The van der Waals surface area contributed by atoms with Crippen LogP contribution in [-0.2, 0) is 4.79 Å². The summed E-state index contributed by atoms with van der Waals surface area (Å²) in [5.41, 5.74) is -0.471. The molecular formula is C14H21NO6. The number of benzene rings is 1. The van der Waals surface area contributed by atoms with Crippen molar-refractivity contribution in [2.75, 3.05) is 33.5 Å². The summed E-state index contributed by atoms with van der Waals surface area (Å²) in [5, 5.41) is 29.7. The predicted octanol–water partition coefficient (Wildman–Crippen LogP) is -0.786. The van der Waals surface area contributed by atoms with Gasteiger partial charge in [-0.1, -0.05) is 6.07 Å². The fourth-order valence-electron chi connectivity index (χ4n) is 1.64. The zero-order chi connectivity index (χ0) is 15.9. The van der Waals surface area contributed by atoms with Gasteiger partial charge in [-0.2, -0.15) is 0 Å². The van der Waals surface area contributed by atoms with E-state index >= 15 is 0 Å². The lowest BCUT2D eigenvalue weighted by Crippen LogP contribution is -2.58. The molecule has 0 fully saturated rings. The van der Waals surface area contributed by atoms with Crippen LogP contribution >= 0.6 is 0 Å². The third kappa shape index (κ3) is 4.59. The first-order valence-electron chi connectivity index (χ1n) is 6.41. The molecule has 1 aromatic carbocycles. The predicted molar refractivity (Wildman–Crippen MR) is 75.4 cm³/mol. The number of methoxy groups -OCH3 is 1. The van der Waals surface area contributed by atoms with Crippen LogP contribution in [0.5, 0.6) is 11.5 Å². The Morgan fingerprint density at radius 3 is 2.33 bits per heavy atom. The molecule has 0 aliphatic carbocycles. The molecule has 7 heteroatoms. The number of nitrogens with one attached hydrogen (secondary N) is 1. The molecule has 1 amide bonds. The molecular weight excluding hydrogens is 278 g/mol. The van der Waals surface area contributed by atoms with E-state index in [-0.39, 0.29) is 6.61 Å². The summed E-state index contributed by atoms with van der Waals surface area (Å²) in [6.07, 6.45) is 0. The first-order chi connectivity index (χ1) is 10.00. The first kappa shape index (κ1) is 17.2. The van der Waals surface area contributed by atoms with E-state index in [9.17, 15) is 4.79 Å². The molecule has 118 valence electrons. The van der Waals surface area contributed by atoms with Gasteiger partial charge in [0, 0.05) is 0 Å². The number of aliphatic hydroxyl groups is 3. The summed E-state index contributed by atoms with van der Waals surface area (Å²) in [6.45, 7) is -0.183. The maximum atomic E-state index is 11.8. The Morgan fingerprint density at radius 2 is 1.81 bits per heavy atom.